The van der Waals surface area contributed by atoms with Crippen LogP contribution in [0.5, 0.6) is 0 Å². The third-order valence-corrected chi connectivity index (χ3v) is 3.57. The Morgan fingerprint density at radius 1 is 1.26 bits per heavy atom. The summed E-state index contributed by atoms with van der Waals surface area (Å²) in [4.78, 5) is 11.4. The lowest BCUT2D eigenvalue weighted by Gasteiger charge is -2.12. The zero-order chi connectivity index (χ0) is 14.6. The van der Waals surface area contributed by atoms with Crippen LogP contribution in [0.4, 0.5) is 14.5 Å². The molecule has 0 aliphatic carbocycles. The summed E-state index contributed by atoms with van der Waals surface area (Å²) in [7, 11) is -1.11. The van der Waals surface area contributed by atoms with E-state index in [2.05, 4.69) is 5.32 Å². The molecular weight excluding hydrogens is 280 g/mol. The Bertz CT molecular complexity index is 575. The van der Waals surface area contributed by atoms with Gasteiger partial charge in [0.05, 0.1) is 6.54 Å². The first kappa shape index (κ1) is 15.5. The Balaban J connectivity index is 2.59. The Kier molecular flexibility index (Phi) is 4.92. The summed E-state index contributed by atoms with van der Waals surface area (Å²) in [5.41, 5.74) is 0.0351. The Morgan fingerprint density at radius 3 is 2.42 bits per heavy atom. The van der Waals surface area contributed by atoms with E-state index < -0.39 is 34.3 Å². The highest BCUT2D eigenvalue weighted by atomic mass is 32.2. The van der Waals surface area contributed by atoms with Crippen LogP contribution in [0.2, 0.25) is 0 Å². The van der Waals surface area contributed by atoms with Gasteiger partial charge in [-0.1, -0.05) is 0 Å². The summed E-state index contributed by atoms with van der Waals surface area (Å²) in [6, 6.07) is 2.82. The van der Waals surface area contributed by atoms with Crippen LogP contribution >= 0.6 is 0 Å². The summed E-state index contributed by atoms with van der Waals surface area (Å²) in [5, 5.41) is 2.23. The van der Waals surface area contributed by atoms with Gasteiger partial charge in [-0.3, -0.25) is 4.79 Å². The SMILES string of the molecule is CN(C)S(=O)(=O)NCC(=O)Nc1ccc(F)c(F)c1. The average molecular weight is 293 g/mol. The second kappa shape index (κ2) is 6.04. The van der Waals surface area contributed by atoms with Crippen molar-refractivity contribution in [3.05, 3.63) is 29.8 Å². The van der Waals surface area contributed by atoms with Gasteiger partial charge in [0, 0.05) is 25.8 Å². The third-order valence-electron chi connectivity index (χ3n) is 2.10. The minimum absolute atomic E-state index is 0.0351. The maximum absolute atomic E-state index is 12.9. The highest BCUT2D eigenvalue weighted by Crippen LogP contribution is 2.12. The topological polar surface area (TPSA) is 78.5 Å². The van der Waals surface area contributed by atoms with Crippen LogP contribution in [0.25, 0.3) is 0 Å². The molecule has 0 aliphatic heterocycles. The summed E-state index contributed by atoms with van der Waals surface area (Å²) in [6.07, 6.45) is 0. The molecule has 9 heteroatoms. The molecule has 0 spiro atoms. The summed E-state index contributed by atoms with van der Waals surface area (Å²) in [5.74, 6) is -2.84. The molecule has 0 saturated carbocycles. The van der Waals surface area contributed by atoms with Gasteiger partial charge in [-0.2, -0.15) is 17.4 Å². The lowest BCUT2D eigenvalue weighted by molar-refractivity contribution is -0.115. The van der Waals surface area contributed by atoms with E-state index in [4.69, 9.17) is 0 Å². The lowest BCUT2D eigenvalue weighted by Crippen LogP contribution is -2.40. The highest BCUT2D eigenvalue weighted by Gasteiger charge is 2.14. The van der Waals surface area contributed by atoms with Crippen LogP contribution in [-0.2, 0) is 15.0 Å². The molecule has 0 fully saturated rings. The van der Waals surface area contributed by atoms with Gasteiger partial charge in [-0.05, 0) is 12.1 Å². The number of hydrogen-bond acceptors (Lipinski definition) is 3. The largest absolute Gasteiger partial charge is 0.325 e. The number of carbonyl (C=O) groups is 1. The molecule has 0 radical (unpaired) electrons. The lowest BCUT2D eigenvalue weighted by atomic mass is 10.3. The quantitative estimate of drug-likeness (QED) is 0.819. The van der Waals surface area contributed by atoms with Gasteiger partial charge in [0.15, 0.2) is 11.6 Å². The number of carbonyl (C=O) groups excluding carboxylic acids is 1. The summed E-state index contributed by atoms with van der Waals surface area (Å²) in [6.45, 7) is -0.514. The van der Waals surface area contributed by atoms with Gasteiger partial charge in [-0.25, -0.2) is 8.78 Å². The normalized spacial score (nSPS) is 11.6. The zero-order valence-corrected chi connectivity index (χ0v) is 11.1. The van der Waals surface area contributed by atoms with Crippen LogP contribution in [0.15, 0.2) is 18.2 Å². The number of hydrogen-bond donors (Lipinski definition) is 2. The second-order valence-corrected chi connectivity index (χ2v) is 5.75. The molecule has 0 heterocycles. The molecule has 106 valence electrons. The van der Waals surface area contributed by atoms with E-state index in [-0.39, 0.29) is 5.69 Å². The minimum Gasteiger partial charge on any atom is -0.325 e. The molecular formula is C10H13F2N3O3S. The molecule has 0 aromatic heterocycles. The molecule has 0 saturated heterocycles. The minimum atomic E-state index is -3.71. The highest BCUT2D eigenvalue weighted by molar-refractivity contribution is 7.87. The number of anilines is 1. The molecule has 2 N–H and O–H groups in total. The number of halogens is 2. The maximum Gasteiger partial charge on any atom is 0.279 e. The van der Waals surface area contributed by atoms with Crippen LogP contribution in [0.1, 0.15) is 0 Å². The van der Waals surface area contributed by atoms with Crippen LogP contribution < -0.4 is 10.0 Å². The van der Waals surface area contributed by atoms with Crippen LogP contribution in [0.3, 0.4) is 0 Å². The average Bonchev–Trinajstić information content (AvgIpc) is 2.31. The summed E-state index contributed by atoms with van der Waals surface area (Å²) >= 11 is 0. The molecule has 0 unspecified atom stereocenters. The van der Waals surface area contributed by atoms with Gasteiger partial charge >= 0.3 is 0 Å². The van der Waals surface area contributed by atoms with Gasteiger partial charge in [0.1, 0.15) is 0 Å². The number of nitrogens with one attached hydrogen (secondary N) is 2. The van der Waals surface area contributed by atoms with E-state index in [1.807, 2.05) is 4.72 Å². The molecule has 1 aromatic rings. The van der Waals surface area contributed by atoms with Crippen molar-refractivity contribution in [3.8, 4) is 0 Å². The van der Waals surface area contributed by atoms with Crippen molar-refractivity contribution in [2.75, 3.05) is 26.0 Å². The van der Waals surface area contributed by atoms with Gasteiger partial charge in [0.25, 0.3) is 10.2 Å². The fourth-order valence-electron chi connectivity index (χ4n) is 1.06. The van der Waals surface area contributed by atoms with E-state index >= 15 is 0 Å². The number of rotatable bonds is 5. The van der Waals surface area contributed by atoms with Gasteiger partial charge in [0.2, 0.25) is 5.91 Å². The van der Waals surface area contributed by atoms with E-state index in [0.717, 1.165) is 22.5 Å². The standard InChI is InChI=1S/C10H13F2N3O3S/c1-15(2)19(17,18)13-6-10(16)14-7-3-4-8(11)9(12)5-7/h3-5,13H,6H2,1-2H3,(H,14,16). The van der Waals surface area contributed by atoms with E-state index in [1.165, 1.54) is 14.1 Å². The first-order valence-corrected chi connectivity index (χ1v) is 6.58. The maximum atomic E-state index is 12.9. The third kappa shape index (κ3) is 4.54. The Labute approximate surface area is 109 Å². The van der Waals surface area contributed by atoms with Crippen molar-refractivity contribution in [3.63, 3.8) is 0 Å². The zero-order valence-electron chi connectivity index (χ0n) is 10.3. The molecule has 1 rings (SSSR count). The fraction of sp³-hybridized carbons (Fsp3) is 0.300. The van der Waals surface area contributed by atoms with Crippen molar-refractivity contribution < 1.29 is 22.0 Å². The van der Waals surface area contributed by atoms with E-state index in [0.29, 0.717) is 0 Å². The Morgan fingerprint density at radius 2 is 1.89 bits per heavy atom. The van der Waals surface area contributed by atoms with Gasteiger partial charge < -0.3 is 5.32 Å². The second-order valence-electron chi connectivity index (χ2n) is 3.79. The molecule has 19 heavy (non-hydrogen) atoms. The monoisotopic (exact) mass is 293 g/mol. The molecule has 1 aromatic carbocycles. The van der Waals surface area contributed by atoms with Gasteiger partial charge in [-0.15, -0.1) is 0 Å². The predicted octanol–water partition coefficient (Wildman–Crippen LogP) is 0.299. The molecule has 0 bridgehead atoms. The number of nitrogens with zero attached hydrogens (tertiary/aromatic N) is 1. The van der Waals surface area contributed by atoms with E-state index in [9.17, 15) is 22.0 Å². The molecule has 6 nitrogen and oxygen atoms in total. The fourth-order valence-corrected chi connectivity index (χ4v) is 1.64. The van der Waals surface area contributed by atoms with Crippen molar-refractivity contribution in [2.24, 2.45) is 0 Å². The Hall–Kier alpha value is -1.58. The van der Waals surface area contributed by atoms with E-state index in [1.54, 1.807) is 0 Å². The first-order chi connectivity index (χ1) is 8.72. The van der Waals surface area contributed by atoms with Crippen molar-refractivity contribution in [1.82, 2.24) is 9.03 Å². The smallest absolute Gasteiger partial charge is 0.279 e. The van der Waals surface area contributed by atoms with Crippen molar-refractivity contribution >= 4 is 21.8 Å². The molecule has 0 aliphatic rings. The van der Waals surface area contributed by atoms with Crippen molar-refractivity contribution in [2.45, 2.75) is 0 Å². The molecule has 0 atom stereocenters. The molecule has 1 amide bonds. The van der Waals surface area contributed by atoms with Crippen LogP contribution in [0, 0.1) is 11.6 Å². The van der Waals surface area contributed by atoms with Crippen LogP contribution in [-0.4, -0.2) is 39.3 Å². The predicted molar refractivity (Wildman–Crippen MR) is 65.6 cm³/mol. The first-order valence-electron chi connectivity index (χ1n) is 5.14. The van der Waals surface area contributed by atoms with Crippen molar-refractivity contribution in [1.29, 1.82) is 0 Å². The number of benzene rings is 1. The number of amides is 1. The summed E-state index contributed by atoms with van der Waals surface area (Å²) < 4.78 is 51.1.